The van der Waals surface area contributed by atoms with Gasteiger partial charge in [-0.15, -0.1) is 0 Å². The molecular weight excluding hydrogens is 236 g/mol. The van der Waals surface area contributed by atoms with Crippen molar-refractivity contribution in [3.63, 3.8) is 0 Å². The second kappa shape index (κ2) is 5.98. The molecule has 2 aromatic rings. The molecule has 0 amide bonds. The zero-order valence-electron chi connectivity index (χ0n) is 11.0. The van der Waals surface area contributed by atoms with Crippen LogP contribution in [0.5, 0.6) is 0 Å². The lowest BCUT2D eigenvalue weighted by atomic mass is 10.1. The number of hydrogen-bond donors (Lipinski definition) is 1. The summed E-state index contributed by atoms with van der Waals surface area (Å²) in [6.07, 6.45) is 0. The van der Waals surface area contributed by atoms with Crippen molar-refractivity contribution in [2.45, 2.75) is 24.9 Å². The average Bonchev–Trinajstić information content (AvgIpc) is 2.47. The van der Waals surface area contributed by atoms with Crippen LogP contribution in [0.15, 0.2) is 60.7 Å². The largest absolute Gasteiger partial charge is 0.434 e. The molecule has 2 atom stereocenters. The fourth-order valence-electron chi connectivity index (χ4n) is 2.34. The monoisotopic (exact) mass is 256 g/mol. The van der Waals surface area contributed by atoms with Crippen LogP contribution in [0.2, 0.25) is 0 Å². The smallest absolute Gasteiger partial charge is 0.186 e. The summed E-state index contributed by atoms with van der Waals surface area (Å²) in [5.41, 5.74) is 3.06. The predicted octanol–water partition coefficient (Wildman–Crippen LogP) is 3.39. The molecule has 0 saturated heterocycles. The Hall–Kier alpha value is -1.38. The van der Waals surface area contributed by atoms with Gasteiger partial charge in [-0.1, -0.05) is 74.5 Å². The maximum Gasteiger partial charge on any atom is 0.186 e. The molecule has 0 heterocycles. The van der Waals surface area contributed by atoms with Crippen LogP contribution in [-0.4, -0.2) is 13.8 Å². The Morgan fingerprint density at radius 1 is 0.722 bits per heavy atom. The Morgan fingerprint density at radius 2 is 1.06 bits per heavy atom. The van der Waals surface area contributed by atoms with Gasteiger partial charge in [-0.2, -0.15) is 0 Å². The SMILES string of the molecule is CC(c1ccccc1)[SiH](O)C(C)c1ccccc1. The molecule has 1 N–H and O–H groups in total. The fraction of sp³-hybridized carbons (Fsp3) is 0.250. The molecule has 0 fully saturated rings. The Labute approximate surface area is 111 Å². The molecule has 1 nitrogen and oxygen atoms in total. The lowest BCUT2D eigenvalue weighted by molar-refractivity contribution is 0.535. The molecular formula is C16H20OSi. The molecule has 0 aliphatic heterocycles. The molecule has 0 bridgehead atoms. The quantitative estimate of drug-likeness (QED) is 0.831. The van der Waals surface area contributed by atoms with E-state index in [0.29, 0.717) is 0 Å². The molecule has 2 unspecified atom stereocenters. The van der Waals surface area contributed by atoms with Crippen molar-refractivity contribution in [2.24, 2.45) is 0 Å². The summed E-state index contributed by atoms with van der Waals surface area (Å²) >= 11 is 0. The Kier molecular flexibility index (Phi) is 4.34. The van der Waals surface area contributed by atoms with E-state index < -0.39 is 9.04 Å². The first kappa shape index (κ1) is 13.1. The van der Waals surface area contributed by atoms with E-state index in [1.807, 2.05) is 36.4 Å². The van der Waals surface area contributed by atoms with E-state index in [-0.39, 0.29) is 11.1 Å². The second-order valence-corrected chi connectivity index (χ2v) is 7.87. The van der Waals surface area contributed by atoms with E-state index in [1.165, 1.54) is 11.1 Å². The molecule has 0 saturated carbocycles. The summed E-state index contributed by atoms with van der Waals surface area (Å²) in [5, 5.41) is 0. The Bertz CT molecular complexity index is 423. The van der Waals surface area contributed by atoms with E-state index >= 15 is 0 Å². The van der Waals surface area contributed by atoms with Gasteiger partial charge in [0.25, 0.3) is 0 Å². The third kappa shape index (κ3) is 2.89. The van der Waals surface area contributed by atoms with Crippen molar-refractivity contribution in [2.75, 3.05) is 0 Å². The fourth-order valence-corrected chi connectivity index (χ4v) is 4.44. The lowest BCUT2D eigenvalue weighted by Gasteiger charge is -2.23. The molecule has 0 aliphatic carbocycles. The third-order valence-corrected chi connectivity index (χ3v) is 6.49. The maximum atomic E-state index is 10.6. The maximum absolute atomic E-state index is 10.6. The van der Waals surface area contributed by atoms with Crippen LogP contribution in [0.1, 0.15) is 36.1 Å². The normalized spacial score (nSPS) is 15.9. The van der Waals surface area contributed by atoms with Gasteiger partial charge in [0, 0.05) is 0 Å². The van der Waals surface area contributed by atoms with Gasteiger partial charge in [-0.25, -0.2) is 0 Å². The van der Waals surface area contributed by atoms with Gasteiger partial charge in [-0.05, 0) is 22.2 Å². The molecule has 94 valence electrons. The van der Waals surface area contributed by atoms with Gasteiger partial charge in [0.15, 0.2) is 9.04 Å². The van der Waals surface area contributed by atoms with Gasteiger partial charge in [-0.3, -0.25) is 0 Å². The summed E-state index contributed by atoms with van der Waals surface area (Å²) in [5.74, 6) is 0. The van der Waals surface area contributed by atoms with Gasteiger partial charge in [0.05, 0.1) is 0 Å². The Balaban J connectivity index is 2.14. The van der Waals surface area contributed by atoms with Gasteiger partial charge < -0.3 is 4.80 Å². The highest BCUT2D eigenvalue weighted by Gasteiger charge is 2.25. The first-order valence-electron chi connectivity index (χ1n) is 6.48. The summed E-state index contributed by atoms with van der Waals surface area (Å²) in [6, 6.07) is 20.6. The highest BCUT2D eigenvalue weighted by atomic mass is 28.3. The number of hydrogen-bond acceptors (Lipinski definition) is 1. The molecule has 18 heavy (non-hydrogen) atoms. The van der Waals surface area contributed by atoms with Crippen LogP contribution >= 0.6 is 0 Å². The van der Waals surface area contributed by atoms with Crippen LogP contribution in [0.3, 0.4) is 0 Å². The van der Waals surface area contributed by atoms with Crippen molar-refractivity contribution < 1.29 is 4.80 Å². The van der Waals surface area contributed by atoms with Gasteiger partial charge in [0.2, 0.25) is 0 Å². The predicted molar refractivity (Wildman–Crippen MR) is 79.1 cm³/mol. The number of rotatable bonds is 4. The average molecular weight is 256 g/mol. The van der Waals surface area contributed by atoms with Crippen molar-refractivity contribution in [3.8, 4) is 0 Å². The third-order valence-electron chi connectivity index (χ3n) is 3.68. The topological polar surface area (TPSA) is 20.2 Å². The zero-order valence-corrected chi connectivity index (χ0v) is 12.1. The van der Waals surface area contributed by atoms with E-state index in [2.05, 4.69) is 38.1 Å². The highest BCUT2D eigenvalue weighted by molar-refractivity contribution is 6.53. The lowest BCUT2D eigenvalue weighted by Crippen LogP contribution is -2.28. The van der Waals surface area contributed by atoms with Crippen LogP contribution in [-0.2, 0) is 0 Å². The molecule has 2 rings (SSSR count). The van der Waals surface area contributed by atoms with Crippen molar-refractivity contribution in [1.29, 1.82) is 0 Å². The molecule has 2 aromatic carbocycles. The van der Waals surface area contributed by atoms with E-state index in [0.717, 1.165) is 0 Å². The molecule has 0 aromatic heterocycles. The second-order valence-electron chi connectivity index (χ2n) is 4.89. The Morgan fingerprint density at radius 3 is 1.39 bits per heavy atom. The highest BCUT2D eigenvalue weighted by Crippen LogP contribution is 2.26. The van der Waals surface area contributed by atoms with Crippen LogP contribution in [0, 0.1) is 0 Å². The van der Waals surface area contributed by atoms with Crippen LogP contribution in [0.25, 0.3) is 0 Å². The minimum Gasteiger partial charge on any atom is -0.434 e. The first-order chi connectivity index (χ1) is 8.70. The van der Waals surface area contributed by atoms with Crippen molar-refractivity contribution in [3.05, 3.63) is 71.8 Å². The molecule has 0 spiro atoms. The van der Waals surface area contributed by atoms with E-state index in [1.54, 1.807) is 0 Å². The van der Waals surface area contributed by atoms with Crippen molar-refractivity contribution >= 4 is 9.04 Å². The van der Waals surface area contributed by atoms with Gasteiger partial charge >= 0.3 is 0 Å². The van der Waals surface area contributed by atoms with Crippen LogP contribution in [0.4, 0.5) is 0 Å². The molecule has 0 radical (unpaired) electrons. The summed E-state index contributed by atoms with van der Waals surface area (Å²) in [4.78, 5) is 10.6. The van der Waals surface area contributed by atoms with Gasteiger partial charge in [0.1, 0.15) is 0 Å². The summed E-state index contributed by atoms with van der Waals surface area (Å²) in [7, 11) is -1.84. The summed E-state index contributed by atoms with van der Waals surface area (Å²) in [6.45, 7) is 4.29. The first-order valence-corrected chi connectivity index (χ1v) is 8.33. The minimum atomic E-state index is -1.84. The molecule has 0 aliphatic rings. The number of benzene rings is 2. The molecule has 2 heteroatoms. The standard InChI is InChI=1S/C16H20OSi/c1-13(15-9-5-3-6-10-15)18(17)14(2)16-11-7-4-8-12-16/h3-14,17-18H,1-2H3. The summed E-state index contributed by atoms with van der Waals surface area (Å²) < 4.78 is 0. The van der Waals surface area contributed by atoms with E-state index in [4.69, 9.17) is 0 Å². The van der Waals surface area contributed by atoms with E-state index in [9.17, 15) is 4.80 Å². The minimum absolute atomic E-state index is 0.279. The zero-order chi connectivity index (χ0) is 13.0. The van der Waals surface area contributed by atoms with Crippen molar-refractivity contribution in [1.82, 2.24) is 0 Å². The van der Waals surface area contributed by atoms with Crippen LogP contribution < -0.4 is 0 Å².